The number of nitrogens with zero attached hydrogens (tertiary/aromatic N) is 2. The van der Waals surface area contributed by atoms with Crippen molar-refractivity contribution in [1.82, 2.24) is 9.97 Å². The van der Waals surface area contributed by atoms with Crippen molar-refractivity contribution >= 4 is 50.8 Å². The minimum absolute atomic E-state index is 0.0691. The SMILES string of the molecule is Cc1cc(Cl)nc(NS(=O)(=O)c2cccc(Cl)c2Cl)n1. The van der Waals surface area contributed by atoms with Gasteiger partial charge in [0.15, 0.2) is 0 Å². The predicted molar refractivity (Wildman–Crippen MR) is 79.0 cm³/mol. The first-order valence-corrected chi connectivity index (χ1v) is 7.89. The van der Waals surface area contributed by atoms with E-state index in [4.69, 9.17) is 34.8 Å². The van der Waals surface area contributed by atoms with Gasteiger partial charge in [0.25, 0.3) is 10.0 Å². The summed E-state index contributed by atoms with van der Waals surface area (Å²) < 4.78 is 26.6. The highest BCUT2D eigenvalue weighted by Crippen LogP contribution is 2.29. The molecule has 0 radical (unpaired) electrons. The molecule has 1 aromatic heterocycles. The van der Waals surface area contributed by atoms with Gasteiger partial charge in [-0.3, -0.25) is 0 Å². The van der Waals surface area contributed by atoms with E-state index in [1.807, 2.05) is 0 Å². The number of nitrogens with one attached hydrogen (secondary N) is 1. The van der Waals surface area contributed by atoms with Gasteiger partial charge in [-0.25, -0.2) is 23.1 Å². The van der Waals surface area contributed by atoms with Gasteiger partial charge in [0.2, 0.25) is 5.95 Å². The summed E-state index contributed by atoms with van der Waals surface area (Å²) in [6.07, 6.45) is 0. The normalized spacial score (nSPS) is 11.4. The van der Waals surface area contributed by atoms with Gasteiger partial charge in [0, 0.05) is 5.69 Å². The molecule has 9 heteroatoms. The van der Waals surface area contributed by atoms with Crippen LogP contribution in [0.5, 0.6) is 0 Å². The Morgan fingerprint density at radius 1 is 1.15 bits per heavy atom. The molecule has 1 N–H and O–H groups in total. The lowest BCUT2D eigenvalue weighted by molar-refractivity contribution is 0.601. The zero-order valence-electron chi connectivity index (χ0n) is 10.1. The lowest BCUT2D eigenvalue weighted by Gasteiger charge is -2.09. The monoisotopic (exact) mass is 351 g/mol. The van der Waals surface area contributed by atoms with Crippen LogP contribution >= 0.6 is 34.8 Å². The van der Waals surface area contributed by atoms with Gasteiger partial charge in [-0.05, 0) is 25.1 Å². The zero-order chi connectivity index (χ0) is 14.9. The van der Waals surface area contributed by atoms with Crippen LogP contribution in [0.15, 0.2) is 29.2 Å². The first kappa shape index (κ1) is 15.3. The number of hydrogen-bond acceptors (Lipinski definition) is 4. The van der Waals surface area contributed by atoms with E-state index in [-0.39, 0.29) is 26.0 Å². The molecule has 5 nitrogen and oxygen atoms in total. The van der Waals surface area contributed by atoms with E-state index in [1.165, 1.54) is 24.3 Å². The molecule has 0 saturated heterocycles. The second kappa shape index (κ2) is 5.73. The second-order valence-corrected chi connectivity index (χ2v) is 6.64. The van der Waals surface area contributed by atoms with Crippen molar-refractivity contribution in [3.63, 3.8) is 0 Å². The Hall–Kier alpha value is -1.08. The average molecular weight is 353 g/mol. The minimum Gasteiger partial charge on any atom is -0.247 e. The molecule has 20 heavy (non-hydrogen) atoms. The Morgan fingerprint density at radius 2 is 1.85 bits per heavy atom. The van der Waals surface area contributed by atoms with Crippen LogP contribution in [-0.4, -0.2) is 18.4 Å². The maximum absolute atomic E-state index is 12.2. The fourth-order valence-electron chi connectivity index (χ4n) is 1.44. The molecule has 0 atom stereocenters. The summed E-state index contributed by atoms with van der Waals surface area (Å²) in [7, 11) is -3.95. The Kier molecular flexibility index (Phi) is 4.39. The number of benzene rings is 1. The van der Waals surface area contributed by atoms with E-state index in [2.05, 4.69) is 14.7 Å². The largest absolute Gasteiger partial charge is 0.265 e. The molecule has 0 aliphatic carbocycles. The highest BCUT2D eigenvalue weighted by molar-refractivity contribution is 7.92. The quantitative estimate of drug-likeness (QED) is 0.858. The Bertz CT molecular complexity index is 745. The molecule has 0 spiro atoms. The molecule has 0 aliphatic rings. The van der Waals surface area contributed by atoms with Crippen LogP contribution in [0, 0.1) is 6.92 Å². The van der Waals surface area contributed by atoms with Crippen molar-refractivity contribution < 1.29 is 8.42 Å². The molecule has 0 fully saturated rings. The summed E-state index contributed by atoms with van der Waals surface area (Å²) in [4.78, 5) is 7.56. The van der Waals surface area contributed by atoms with E-state index in [1.54, 1.807) is 6.92 Å². The third-order valence-corrected chi connectivity index (χ3v) is 4.75. The molecule has 1 aromatic carbocycles. The van der Waals surface area contributed by atoms with Gasteiger partial charge < -0.3 is 0 Å². The van der Waals surface area contributed by atoms with Gasteiger partial charge in [-0.15, -0.1) is 0 Å². The summed E-state index contributed by atoms with van der Waals surface area (Å²) >= 11 is 17.4. The first-order chi connectivity index (χ1) is 9.29. The van der Waals surface area contributed by atoms with Crippen molar-refractivity contribution in [3.05, 3.63) is 45.2 Å². The third-order valence-electron chi connectivity index (χ3n) is 2.25. The maximum atomic E-state index is 12.2. The van der Waals surface area contributed by atoms with Crippen molar-refractivity contribution in [1.29, 1.82) is 0 Å². The second-order valence-electron chi connectivity index (χ2n) is 3.81. The predicted octanol–water partition coefficient (Wildman–Crippen LogP) is 3.55. The van der Waals surface area contributed by atoms with Gasteiger partial charge >= 0.3 is 0 Å². The molecule has 106 valence electrons. The minimum atomic E-state index is -3.95. The van der Waals surface area contributed by atoms with Gasteiger partial charge in [-0.1, -0.05) is 40.9 Å². The number of hydrogen-bond donors (Lipinski definition) is 1. The highest BCUT2D eigenvalue weighted by Gasteiger charge is 2.21. The summed E-state index contributed by atoms with van der Waals surface area (Å²) in [5, 5.41) is 0.200. The molecule has 0 bridgehead atoms. The van der Waals surface area contributed by atoms with Crippen LogP contribution < -0.4 is 4.72 Å². The van der Waals surface area contributed by atoms with Crippen molar-refractivity contribution in [3.8, 4) is 0 Å². The Morgan fingerprint density at radius 3 is 2.50 bits per heavy atom. The van der Waals surface area contributed by atoms with Crippen molar-refractivity contribution in [2.75, 3.05) is 4.72 Å². The van der Waals surface area contributed by atoms with Crippen molar-refractivity contribution in [2.45, 2.75) is 11.8 Å². The maximum Gasteiger partial charge on any atom is 0.265 e. The number of rotatable bonds is 3. The van der Waals surface area contributed by atoms with Crippen LogP contribution in [0.3, 0.4) is 0 Å². The molecule has 0 aliphatic heterocycles. The topological polar surface area (TPSA) is 72.0 Å². The molecule has 2 rings (SSSR count). The fraction of sp³-hybridized carbons (Fsp3) is 0.0909. The van der Waals surface area contributed by atoms with Crippen LogP contribution in [0.25, 0.3) is 0 Å². The van der Waals surface area contributed by atoms with Crippen LogP contribution in [0.1, 0.15) is 5.69 Å². The van der Waals surface area contributed by atoms with Gasteiger partial charge in [0.1, 0.15) is 10.0 Å². The van der Waals surface area contributed by atoms with Gasteiger partial charge in [0.05, 0.1) is 10.0 Å². The summed E-state index contributed by atoms with van der Waals surface area (Å²) in [5.74, 6) is -0.133. The summed E-state index contributed by atoms with van der Waals surface area (Å²) in [5.41, 5.74) is 0.528. The van der Waals surface area contributed by atoms with Crippen LogP contribution in [0.4, 0.5) is 5.95 Å². The van der Waals surface area contributed by atoms with Gasteiger partial charge in [-0.2, -0.15) is 0 Å². The van der Waals surface area contributed by atoms with E-state index < -0.39 is 10.0 Å². The molecule has 1 heterocycles. The third kappa shape index (κ3) is 3.32. The smallest absolute Gasteiger partial charge is 0.247 e. The molecule has 0 saturated carbocycles. The number of sulfonamides is 1. The number of aryl methyl sites for hydroxylation is 1. The Labute approximate surface area is 131 Å². The highest BCUT2D eigenvalue weighted by atomic mass is 35.5. The lowest BCUT2D eigenvalue weighted by atomic mass is 10.4. The van der Waals surface area contributed by atoms with Crippen LogP contribution in [-0.2, 0) is 10.0 Å². The number of anilines is 1. The summed E-state index contributed by atoms with van der Waals surface area (Å²) in [6.45, 7) is 1.66. The molecule has 2 aromatic rings. The molecular formula is C11H8Cl3N3O2S. The zero-order valence-corrected chi connectivity index (χ0v) is 13.1. The fourth-order valence-corrected chi connectivity index (χ4v) is 3.39. The van der Waals surface area contributed by atoms with E-state index in [9.17, 15) is 8.42 Å². The first-order valence-electron chi connectivity index (χ1n) is 5.27. The van der Waals surface area contributed by atoms with Crippen LogP contribution in [0.2, 0.25) is 15.2 Å². The number of halogens is 3. The molecule has 0 unspecified atom stereocenters. The van der Waals surface area contributed by atoms with Crippen molar-refractivity contribution in [2.24, 2.45) is 0 Å². The molecule has 0 amide bonds. The summed E-state index contributed by atoms with van der Waals surface area (Å²) in [6, 6.07) is 5.80. The Balaban J connectivity index is 2.43. The standard InChI is InChI=1S/C11H8Cl3N3O2S/c1-6-5-9(13)16-11(15-6)17-20(18,19)8-4-2-3-7(12)10(8)14/h2-5H,1H3,(H,15,16,17). The molecular weight excluding hydrogens is 345 g/mol. The van der Waals surface area contributed by atoms with E-state index >= 15 is 0 Å². The van der Waals surface area contributed by atoms with E-state index in [0.717, 1.165) is 0 Å². The number of aromatic nitrogens is 2. The lowest BCUT2D eigenvalue weighted by Crippen LogP contribution is -2.16. The van der Waals surface area contributed by atoms with E-state index in [0.29, 0.717) is 5.69 Å². The average Bonchev–Trinajstić information content (AvgIpc) is 2.30.